The van der Waals surface area contributed by atoms with E-state index >= 15 is 0 Å². The van der Waals surface area contributed by atoms with Gasteiger partial charge >= 0.3 is 6.03 Å². The van der Waals surface area contributed by atoms with Gasteiger partial charge in [0, 0.05) is 25.4 Å². The minimum Gasteiger partial charge on any atom is -0.372 e. The van der Waals surface area contributed by atoms with Crippen molar-refractivity contribution in [1.82, 2.24) is 25.6 Å². The fraction of sp³-hybridized carbons (Fsp3) is 0.348. The molecule has 3 aromatic rings. The highest BCUT2D eigenvalue weighted by Gasteiger charge is 2.24. The average Bonchev–Trinajstić information content (AvgIpc) is 2.81. The summed E-state index contributed by atoms with van der Waals surface area (Å²) in [6.07, 6.45) is 4.18. The fourth-order valence-electron chi connectivity index (χ4n) is 4.05. The number of benzene rings is 1. The number of anilines is 1. The summed E-state index contributed by atoms with van der Waals surface area (Å²) < 4.78 is 0. The third kappa shape index (κ3) is 4.38. The van der Waals surface area contributed by atoms with Gasteiger partial charge in [-0.2, -0.15) is 0 Å². The smallest absolute Gasteiger partial charge is 0.321 e. The van der Waals surface area contributed by atoms with Crippen LogP contribution in [0.5, 0.6) is 0 Å². The number of thioether (sulfide) groups is 1. The average molecular weight is 451 g/mol. The lowest BCUT2D eigenvalue weighted by molar-refractivity contribution is -0.117. The Bertz CT molecular complexity index is 1200. The van der Waals surface area contributed by atoms with Crippen molar-refractivity contribution < 1.29 is 9.59 Å². The maximum absolute atomic E-state index is 12.0. The molecule has 9 heteroatoms. The van der Waals surface area contributed by atoms with E-state index in [9.17, 15) is 9.59 Å². The molecule has 3 amide bonds. The first kappa shape index (κ1) is 22.0. The van der Waals surface area contributed by atoms with Crippen molar-refractivity contribution in [2.45, 2.75) is 37.8 Å². The Morgan fingerprint density at radius 1 is 1.06 bits per heavy atom. The van der Waals surface area contributed by atoms with E-state index in [1.807, 2.05) is 13.1 Å². The van der Waals surface area contributed by atoms with E-state index < -0.39 is 11.9 Å². The summed E-state index contributed by atoms with van der Waals surface area (Å²) in [4.78, 5) is 37.6. The molecule has 3 N–H and O–H groups in total. The monoisotopic (exact) mass is 450 g/mol. The van der Waals surface area contributed by atoms with Crippen LogP contribution in [0.3, 0.4) is 0 Å². The number of aromatic nitrogens is 3. The number of imide groups is 1. The van der Waals surface area contributed by atoms with Crippen LogP contribution < -0.4 is 16.0 Å². The molecular formula is C23H26N6O2S. The molecule has 166 valence electrons. The van der Waals surface area contributed by atoms with E-state index in [1.165, 1.54) is 35.5 Å². The molecule has 0 atom stereocenters. The van der Waals surface area contributed by atoms with Gasteiger partial charge in [0.1, 0.15) is 5.82 Å². The van der Waals surface area contributed by atoms with Crippen LogP contribution in [0.4, 0.5) is 10.6 Å². The van der Waals surface area contributed by atoms with Crippen molar-refractivity contribution in [3.63, 3.8) is 0 Å². The molecule has 0 radical (unpaired) electrons. The minimum absolute atomic E-state index is 0.0255. The Labute approximate surface area is 191 Å². The van der Waals surface area contributed by atoms with Crippen molar-refractivity contribution >= 4 is 40.6 Å². The van der Waals surface area contributed by atoms with Crippen LogP contribution in [0.15, 0.2) is 29.4 Å². The molecule has 0 aliphatic heterocycles. The summed E-state index contributed by atoms with van der Waals surface area (Å²) in [5.74, 6) is 0.295. The zero-order valence-electron chi connectivity index (χ0n) is 18.4. The number of nitrogens with one attached hydrogen (secondary N) is 3. The quantitative estimate of drug-likeness (QED) is 0.403. The molecule has 0 bridgehead atoms. The molecule has 2 heterocycles. The van der Waals surface area contributed by atoms with Crippen molar-refractivity contribution in [3.05, 3.63) is 41.1 Å². The molecule has 0 unspecified atom stereocenters. The molecule has 0 fully saturated rings. The van der Waals surface area contributed by atoms with Crippen molar-refractivity contribution in [3.8, 4) is 11.1 Å². The number of hydrogen-bond donors (Lipinski definition) is 3. The summed E-state index contributed by atoms with van der Waals surface area (Å²) in [5.41, 5.74) is 6.51. The van der Waals surface area contributed by atoms with Crippen molar-refractivity contribution in [2.24, 2.45) is 0 Å². The van der Waals surface area contributed by atoms with E-state index in [0.29, 0.717) is 16.6 Å². The lowest BCUT2D eigenvalue weighted by Gasteiger charge is -2.22. The molecule has 0 saturated carbocycles. The van der Waals surface area contributed by atoms with Crippen molar-refractivity contribution in [1.29, 1.82) is 0 Å². The molecule has 2 aromatic heterocycles. The van der Waals surface area contributed by atoms with Gasteiger partial charge in [-0.05, 0) is 49.3 Å². The Kier molecular flexibility index (Phi) is 6.55. The van der Waals surface area contributed by atoms with Gasteiger partial charge in [-0.25, -0.2) is 19.7 Å². The second kappa shape index (κ2) is 9.52. The van der Waals surface area contributed by atoms with Crippen LogP contribution in [0.1, 0.15) is 29.7 Å². The SMILES string of the molecule is CNC(=O)NC(=O)CSc1nc(NC)c2c(-c3ccccc3C)c3c(nc2n1)CCCC3. The number of rotatable bonds is 5. The maximum Gasteiger partial charge on any atom is 0.321 e. The van der Waals surface area contributed by atoms with Crippen LogP contribution in [0.2, 0.25) is 0 Å². The predicted molar refractivity (Wildman–Crippen MR) is 127 cm³/mol. The van der Waals surface area contributed by atoms with Gasteiger partial charge in [-0.1, -0.05) is 36.0 Å². The summed E-state index contributed by atoms with van der Waals surface area (Å²) in [5, 5.41) is 9.16. The minimum atomic E-state index is -0.540. The summed E-state index contributed by atoms with van der Waals surface area (Å²) in [6, 6.07) is 7.82. The van der Waals surface area contributed by atoms with Gasteiger partial charge < -0.3 is 10.6 Å². The van der Waals surface area contributed by atoms with Crippen LogP contribution in [-0.4, -0.2) is 46.7 Å². The normalized spacial score (nSPS) is 12.8. The lowest BCUT2D eigenvalue weighted by Crippen LogP contribution is -2.38. The second-order valence-corrected chi connectivity index (χ2v) is 8.60. The Hall–Kier alpha value is -3.20. The number of carbonyl (C=O) groups excluding carboxylic acids is 2. The summed E-state index contributed by atoms with van der Waals surface area (Å²) >= 11 is 1.17. The van der Waals surface area contributed by atoms with Crippen LogP contribution in [-0.2, 0) is 17.6 Å². The Morgan fingerprint density at radius 2 is 1.84 bits per heavy atom. The first-order valence-corrected chi connectivity index (χ1v) is 11.6. The summed E-state index contributed by atoms with van der Waals surface area (Å²) in [6.45, 7) is 2.12. The van der Waals surface area contributed by atoms with Gasteiger partial charge in [0.2, 0.25) is 5.91 Å². The van der Waals surface area contributed by atoms with Crippen molar-refractivity contribution in [2.75, 3.05) is 25.2 Å². The van der Waals surface area contributed by atoms with E-state index in [0.717, 1.165) is 42.3 Å². The Morgan fingerprint density at radius 3 is 2.59 bits per heavy atom. The molecule has 1 aliphatic rings. The lowest BCUT2D eigenvalue weighted by atomic mass is 9.86. The number of fused-ring (bicyclic) bond motifs is 2. The molecule has 1 aromatic carbocycles. The number of hydrogen-bond acceptors (Lipinski definition) is 7. The number of carbonyl (C=O) groups is 2. The third-order valence-electron chi connectivity index (χ3n) is 5.56. The molecule has 0 spiro atoms. The zero-order valence-corrected chi connectivity index (χ0v) is 19.2. The number of urea groups is 1. The maximum atomic E-state index is 12.0. The highest BCUT2D eigenvalue weighted by molar-refractivity contribution is 7.99. The predicted octanol–water partition coefficient (Wildman–Crippen LogP) is 3.47. The van der Waals surface area contributed by atoms with Gasteiger partial charge in [0.05, 0.1) is 11.1 Å². The number of aryl methyl sites for hydroxylation is 2. The van der Waals surface area contributed by atoms with Gasteiger partial charge in [-0.3, -0.25) is 10.1 Å². The van der Waals surface area contributed by atoms with Gasteiger partial charge in [0.25, 0.3) is 0 Å². The first-order valence-electron chi connectivity index (χ1n) is 10.6. The highest BCUT2D eigenvalue weighted by Crippen LogP contribution is 2.40. The molecule has 8 nitrogen and oxygen atoms in total. The van der Waals surface area contributed by atoms with Crippen LogP contribution >= 0.6 is 11.8 Å². The number of pyridine rings is 1. The summed E-state index contributed by atoms with van der Waals surface area (Å²) in [7, 11) is 3.29. The van der Waals surface area contributed by atoms with Crippen LogP contribution in [0, 0.1) is 6.92 Å². The number of amides is 3. The van der Waals surface area contributed by atoms with E-state index in [-0.39, 0.29) is 5.75 Å². The fourth-order valence-corrected chi connectivity index (χ4v) is 4.69. The zero-order chi connectivity index (χ0) is 22.7. The standard InChI is InChI=1S/C23H26N6O2S/c1-13-8-4-5-9-14(13)18-15-10-6-7-11-16(15)26-21-19(18)20(24-2)28-23(29-21)32-12-17(30)27-22(31)25-3/h4-5,8-9H,6-7,10-12H2,1-3H3,(H,24,26,28,29)(H2,25,27,30,31). The van der Waals surface area contributed by atoms with Gasteiger partial charge in [-0.15, -0.1) is 0 Å². The van der Waals surface area contributed by atoms with E-state index in [4.69, 9.17) is 9.97 Å². The van der Waals surface area contributed by atoms with Gasteiger partial charge in [0.15, 0.2) is 10.8 Å². The molecule has 0 saturated heterocycles. The topological polar surface area (TPSA) is 109 Å². The van der Waals surface area contributed by atoms with E-state index in [2.05, 4.69) is 46.1 Å². The molecule has 32 heavy (non-hydrogen) atoms. The number of nitrogens with zero attached hydrogens (tertiary/aromatic N) is 3. The highest BCUT2D eigenvalue weighted by atomic mass is 32.2. The molecular weight excluding hydrogens is 424 g/mol. The molecule has 4 rings (SSSR count). The Balaban J connectivity index is 1.82. The van der Waals surface area contributed by atoms with E-state index in [1.54, 1.807) is 0 Å². The third-order valence-corrected chi connectivity index (χ3v) is 6.41. The first-order chi connectivity index (χ1) is 15.5. The molecule has 1 aliphatic carbocycles. The second-order valence-electron chi connectivity index (χ2n) is 7.65. The van der Waals surface area contributed by atoms with Crippen LogP contribution in [0.25, 0.3) is 22.2 Å². The largest absolute Gasteiger partial charge is 0.372 e.